The first-order valence-corrected chi connectivity index (χ1v) is 13.1. The highest BCUT2D eigenvalue weighted by molar-refractivity contribution is 6.04. The molecule has 2 saturated heterocycles. The van der Waals surface area contributed by atoms with Gasteiger partial charge in [-0.25, -0.2) is 9.67 Å². The van der Waals surface area contributed by atoms with Gasteiger partial charge in [-0.1, -0.05) is 25.0 Å². The average molecular weight is 465 g/mol. The number of aromatic nitrogens is 3. The van der Waals surface area contributed by atoms with Crippen LogP contribution in [-0.2, 0) is 6.54 Å². The van der Waals surface area contributed by atoms with Gasteiger partial charge in [-0.3, -0.25) is 9.69 Å². The second-order valence-corrected chi connectivity index (χ2v) is 9.64. The maximum absolute atomic E-state index is 13.3. The maximum atomic E-state index is 13.3. The molecule has 2 aliphatic rings. The highest BCUT2D eigenvalue weighted by atomic mass is 16.2. The van der Waals surface area contributed by atoms with Crippen molar-refractivity contribution in [3.05, 3.63) is 43.1 Å². The Bertz CT molecular complexity index is 967. The Hall–Kier alpha value is -2.67. The summed E-state index contributed by atoms with van der Waals surface area (Å²) in [7, 11) is 0. The summed E-state index contributed by atoms with van der Waals surface area (Å²) in [5, 5.41) is 8.87. The van der Waals surface area contributed by atoms with Crippen LogP contribution in [0.15, 0.2) is 37.4 Å². The highest BCUT2D eigenvalue weighted by Gasteiger charge is 2.24. The van der Waals surface area contributed by atoms with E-state index < -0.39 is 0 Å². The number of hydrogen-bond acceptors (Lipinski definition) is 5. The number of unbranched alkanes of at least 4 members (excludes halogenated alkanes) is 2. The van der Waals surface area contributed by atoms with Crippen LogP contribution in [0.2, 0.25) is 0 Å². The van der Waals surface area contributed by atoms with Gasteiger partial charge in [0.15, 0.2) is 11.3 Å². The normalized spacial score (nSPS) is 18.1. The number of allylic oxidation sites excluding steroid dienone is 1. The Morgan fingerprint density at radius 1 is 1.03 bits per heavy atom. The second-order valence-electron chi connectivity index (χ2n) is 9.64. The zero-order chi connectivity index (χ0) is 23.8. The van der Waals surface area contributed by atoms with Gasteiger partial charge in [0.2, 0.25) is 0 Å². The molecule has 2 aliphatic heterocycles. The molecule has 0 radical (unpaired) electrons. The number of aryl methyl sites for hydroxylation is 1. The zero-order valence-corrected chi connectivity index (χ0v) is 20.6. The summed E-state index contributed by atoms with van der Waals surface area (Å²) in [5.41, 5.74) is 1.33. The third-order valence-electron chi connectivity index (χ3n) is 7.06. The summed E-state index contributed by atoms with van der Waals surface area (Å²) in [5.74, 6) is 0.921. The van der Waals surface area contributed by atoms with Crippen molar-refractivity contribution in [2.45, 2.75) is 70.4 Å². The molecule has 4 heterocycles. The molecule has 0 bridgehead atoms. The van der Waals surface area contributed by atoms with Crippen LogP contribution >= 0.6 is 0 Å². The maximum Gasteiger partial charge on any atom is 0.272 e. The highest BCUT2D eigenvalue weighted by Crippen LogP contribution is 2.24. The number of carbonyl (C=O) groups excluding carboxylic acids is 1. The van der Waals surface area contributed by atoms with Crippen molar-refractivity contribution in [1.29, 1.82) is 0 Å². The predicted molar refractivity (Wildman–Crippen MR) is 139 cm³/mol. The summed E-state index contributed by atoms with van der Waals surface area (Å²) >= 11 is 0. The molecule has 0 spiro atoms. The number of likely N-dealkylation sites (tertiary alicyclic amines) is 1. The molecule has 2 fully saturated rings. The molecule has 0 aliphatic carbocycles. The molecule has 0 unspecified atom stereocenters. The SMILES string of the molecule is C=CCCCCn1nc(C(=O)NC2CCN(CC=C)CC2)c2ccc(N3CCCCCC3)nc21. The van der Waals surface area contributed by atoms with E-state index >= 15 is 0 Å². The molecule has 184 valence electrons. The molecule has 7 nitrogen and oxygen atoms in total. The van der Waals surface area contributed by atoms with Crippen molar-refractivity contribution >= 4 is 22.8 Å². The number of rotatable bonds is 10. The van der Waals surface area contributed by atoms with E-state index in [1.807, 2.05) is 16.8 Å². The van der Waals surface area contributed by atoms with E-state index in [4.69, 9.17) is 10.1 Å². The van der Waals surface area contributed by atoms with Crippen molar-refractivity contribution in [3.8, 4) is 0 Å². The molecule has 1 amide bonds. The predicted octanol–water partition coefficient (Wildman–Crippen LogP) is 4.55. The van der Waals surface area contributed by atoms with E-state index in [1.165, 1.54) is 25.7 Å². The van der Waals surface area contributed by atoms with Gasteiger partial charge in [0, 0.05) is 45.3 Å². The van der Waals surface area contributed by atoms with Crippen LogP contribution < -0.4 is 10.2 Å². The van der Waals surface area contributed by atoms with Gasteiger partial charge in [0.1, 0.15) is 5.82 Å². The molecular formula is C27H40N6O. The summed E-state index contributed by atoms with van der Waals surface area (Å²) in [6.07, 6.45) is 13.8. The van der Waals surface area contributed by atoms with E-state index in [2.05, 4.69) is 40.4 Å². The summed E-state index contributed by atoms with van der Waals surface area (Å²) in [4.78, 5) is 23.1. The molecule has 7 heteroatoms. The fourth-order valence-corrected chi connectivity index (χ4v) is 5.09. The van der Waals surface area contributed by atoms with Crippen molar-refractivity contribution in [2.75, 3.05) is 37.6 Å². The third kappa shape index (κ3) is 6.06. The van der Waals surface area contributed by atoms with Gasteiger partial charge in [-0.05, 0) is 57.1 Å². The number of hydrogen-bond donors (Lipinski definition) is 1. The fraction of sp³-hybridized carbons (Fsp3) is 0.593. The Morgan fingerprint density at radius 2 is 1.79 bits per heavy atom. The largest absolute Gasteiger partial charge is 0.357 e. The van der Waals surface area contributed by atoms with E-state index in [0.29, 0.717) is 5.69 Å². The fourth-order valence-electron chi connectivity index (χ4n) is 5.09. The topological polar surface area (TPSA) is 66.3 Å². The van der Waals surface area contributed by atoms with E-state index in [0.717, 1.165) is 88.2 Å². The molecule has 0 saturated carbocycles. The number of nitrogens with one attached hydrogen (secondary N) is 1. The summed E-state index contributed by atoms with van der Waals surface area (Å²) < 4.78 is 1.95. The molecule has 4 rings (SSSR count). The van der Waals surface area contributed by atoms with Gasteiger partial charge in [0.05, 0.1) is 5.39 Å². The minimum absolute atomic E-state index is 0.0821. The lowest BCUT2D eigenvalue weighted by molar-refractivity contribution is 0.0909. The number of nitrogens with zero attached hydrogens (tertiary/aromatic N) is 5. The first-order chi connectivity index (χ1) is 16.7. The number of carbonyl (C=O) groups is 1. The lowest BCUT2D eigenvalue weighted by atomic mass is 10.0. The standard InChI is InChI=1S/C27H40N6O/c1-3-5-6-11-19-33-26-23(12-13-24(29-26)32-17-9-7-8-10-18-32)25(30-33)27(34)28-22-14-20-31(16-4-2)21-15-22/h3-4,12-13,22H,1-2,5-11,14-21H2,(H,28,34). The van der Waals surface area contributed by atoms with Crippen LogP contribution in [0.1, 0.15) is 68.3 Å². The number of anilines is 1. The molecule has 0 aromatic carbocycles. The van der Waals surface area contributed by atoms with Gasteiger partial charge in [-0.15, -0.1) is 13.2 Å². The third-order valence-corrected chi connectivity index (χ3v) is 7.06. The minimum Gasteiger partial charge on any atom is -0.357 e. The van der Waals surface area contributed by atoms with Crippen LogP contribution in [0, 0.1) is 0 Å². The molecular weight excluding hydrogens is 424 g/mol. The molecule has 2 aromatic heterocycles. The Morgan fingerprint density at radius 3 is 2.50 bits per heavy atom. The first-order valence-electron chi connectivity index (χ1n) is 13.1. The average Bonchev–Trinajstić information content (AvgIpc) is 3.01. The van der Waals surface area contributed by atoms with Crippen LogP contribution in [-0.4, -0.2) is 64.3 Å². The van der Waals surface area contributed by atoms with Crippen molar-refractivity contribution in [3.63, 3.8) is 0 Å². The molecule has 34 heavy (non-hydrogen) atoms. The van der Waals surface area contributed by atoms with Crippen LogP contribution in [0.3, 0.4) is 0 Å². The number of amides is 1. The number of pyridine rings is 1. The van der Waals surface area contributed by atoms with Crippen LogP contribution in [0.5, 0.6) is 0 Å². The van der Waals surface area contributed by atoms with Gasteiger partial charge in [0.25, 0.3) is 5.91 Å². The van der Waals surface area contributed by atoms with E-state index in [9.17, 15) is 4.79 Å². The van der Waals surface area contributed by atoms with Crippen molar-refractivity contribution in [2.24, 2.45) is 0 Å². The molecule has 0 atom stereocenters. The number of fused-ring (bicyclic) bond motifs is 1. The van der Waals surface area contributed by atoms with E-state index in [1.54, 1.807) is 0 Å². The summed E-state index contributed by atoms with van der Waals surface area (Å²) in [6, 6.07) is 4.31. The quantitative estimate of drug-likeness (QED) is 0.413. The zero-order valence-electron chi connectivity index (χ0n) is 20.6. The van der Waals surface area contributed by atoms with Crippen LogP contribution in [0.25, 0.3) is 11.0 Å². The monoisotopic (exact) mass is 464 g/mol. The van der Waals surface area contributed by atoms with Crippen LogP contribution in [0.4, 0.5) is 5.82 Å². The lowest BCUT2D eigenvalue weighted by Crippen LogP contribution is -2.44. The molecule has 1 N–H and O–H groups in total. The first kappa shape index (κ1) is 24.5. The van der Waals surface area contributed by atoms with Gasteiger partial charge in [-0.2, -0.15) is 5.10 Å². The Labute approximate surface area is 203 Å². The lowest BCUT2D eigenvalue weighted by Gasteiger charge is -2.31. The summed E-state index contributed by atoms with van der Waals surface area (Å²) in [6.45, 7) is 13.4. The number of piperidine rings is 1. The Kier molecular flexibility index (Phi) is 8.74. The smallest absolute Gasteiger partial charge is 0.272 e. The van der Waals surface area contributed by atoms with Crippen molar-refractivity contribution < 1.29 is 4.79 Å². The Balaban J connectivity index is 1.53. The molecule has 2 aromatic rings. The minimum atomic E-state index is -0.0821. The second kappa shape index (κ2) is 12.2. The van der Waals surface area contributed by atoms with Crippen molar-refractivity contribution in [1.82, 2.24) is 25.0 Å². The van der Waals surface area contributed by atoms with E-state index in [-0.39, 0.29) is 11.9 Å². The van der Waals surface area contributed by atoms with Gasteiger partial charge < -0.3 is 10.2 Å². The van der Waals surface area contributed by atoms with Gasteiger partial charge >= 0.3 is 0 Å².